The SMILES string of the molecule is N=C(N)NCCC[C@@H](N)C(=O)NCC(=O)N[C@@H](CC(=O)O)C(=O)N[C@@H](Cc1c[nH]c2ccccc12)C(=O)O. The Balaban J connectivity index is 1.94. The predicted octanol–water partition coefficient (Wildman–Crippen LogP) is -2.05. The van der Waals surface area contributed by atoms with Crippen LogP contribution >= 0.6 is 0 Å². The molecule has 3 atom stereocenters. The van der Waals surface area contributed by atoms with Gasteiger partial charge < -0.3 is 47.9 Å². The minimum absolute atomic E-state index is 0.0886. The Morgan fingerprint density at radius 1 is 1.00 bits per heavy atom. The van der Waals surface area contributed by atoms with E-state index in [4.69, 9.17) is 16.9 Å². The van der Waals surface area contributed by atoms with Gasteiger partial charge in [0.15, 0.2) is 5.96 Å². The molecule has 0 spiro atoms. The van der Waals surface area contributed by atoms with E-state index in [9.17, 15) is 34.2 Å². The molecule has 206 valence electrons. The van der Waals surface area contributed by atoms with Crippen LogP contribution in [-0.2, 0) is 30.4 Å². The topological polar surface area (TPSA) is 266 Å². The van der Waals surface area contributed by atoms with Gasteiger partial charge >= 0.3 is 11.9 Å². The Bertz CT molecular complexity index is 1180. The van der Waals surface area contributed by atoms with Crippen LogP contribution in [0.25, 0.3) is 10.9 Å². The molecule has 15 heteroatoms. The van der Waals surface area contributed by atoms with Crippen LogP contribution in [0.4, 0.5) is 0 Å². The number of amides is 3. The van der Waals surface area contributed by atoms with Crippen molar-refractivity contribution in [1.29, 1.82) is 5.41 Å². The smallest absolute Gasteiger partial charge is 0.326 e. The number of para-hydroxylation sites is 1. The first-order valence-corrected chi connectivity index (χ1v) is 11.7. The molecular formula is C23H32N8O7. The van der Waals surface area contributed by atoms with Crippen LogP contribution in [0.2, 0.25) is 0 Å². The van der Waals surface area contributed by atoms with Crippen molar-refractivity contribution in [3.05, 3.63) is 36.0 Å². The number of aliphatic carboxylic acids is 2. The van der Waals surface area contributed by atoms with E-state index in [1.807, 2.05) is 12.1 Å². The number of rotatable bonds is 15. The zero-order valence-electron chi connectivity index (χ0n) is 20.5. The van der Waals surface area contributed by atoms with Crippen LogP contribution < -0.4 is 32.7 Å². The lowest BCUT2D eigenvalue weighted by Crippen LogP contribution is -2.54. The standard InChI is InChI=1S/C23H32N8O7/c24-14(5-3-7-27-23(25)26)20(35)29-11-18(32)30-16(9-19(33)34)21(36)31-17(22(37)38)8-12-10-28-15-6-2-1-4-13(12)15/h1-2,4,6,10,14,16-17,28H,3,5,7-9,11,24H2,(H,29,35)(H,30,32)(H,31,36)(H,33,34)(H,37,38)(H4,25,26,27)/t14-,16+,17+/m1/s1. The van der Waals surface area contributed by atoms with Gasteiger partial charge in [-0.2, -0.15) is 0 Å². The molecule has 0 aliphatic heterocycles. The normalized spacial score (nSPS) is 13.1. The second kappa shape index (κ2) is 14.2. The van der Waals surface area contributed by atoms with E-state index >= 15 is 0 Å². The van der Waals surface area contributed by atoms with Crippen molar-refractivity contribution in [2.24, 2.45) is 11.5 Å². The van der Waals surface area contributed by atoms with Gasteiger partial charge in [0.1, 0.15) is 12.1 Å². The molecule has 2 rings (SSSR count). The Morgan fingerprint density at radius 2 is 1.71 bits per heavy atom. The molecule has 15 nitrogen and oxygen atoms in total. The first-order chi connectivity index (χ1) is 18.0. The van der Waals surface area contributed by atoms with Crippen molar-refractivity contribution in [3.8, 4) is 0 Å². The number of carboxylic acids is 2. The summed E-state index contributed by atoms with van der Waals surface area (Å²) in [5.41, 5.74) is 12.3. The number of aromatic nitrogens is 1. The van der Waals surface area contributed by atoms with Crippen molar-refractivity contribution in [2.75, 3.05) is 13.1 Å². The molecule has 0 bridgehead atoms. The lowest BCUT2D eigenvalue weighted by atomic mass is 10.0. The summed E-state index contributed by atoms with van der Waals surface area (Å²) in [5, 5.41) is 36.0. The molecule has 3 amide bonds. The predicted molar refractivity (Wildman–Crippen MR) is 136 cm³/mol. The highest BCUT2D eigenvalue weighted by atomic mass is 16.4. The fourth-order valence-electron chi connectivity index (χ4n) is 3.60. The molecular weight excluding hydrogens is 500 g/mol. The van der Waals surface area contributed by atoms with Crippen LogP contribution in [0.15, 0.2) is 30.5 Å². The van der Waals surface area contributed by atoms with E-state index in [2.05, 4.69) is 26.3 Å². The lowest BCUT2D eigenvalue weighted by Gasteiger charge is -2.21. The van der Waals surface area contributed by atoms with Gasteiger partial charge in [-0.05, 0) is 24.5 Å². The molecule has 1 heterocycles. The number of H-pyrrole nitrogens is 1. The number of hydrogen-bond acceptors (Lipinski definition) is 7. The van der Waals surface area contributed by atoms with Crippen molar-refractivity contribution in [3.63, 3.8) is 0 Å². The molecule has 0 radical (unpaired) electrons. The zero-order chi connectivity index (χ0) is 28.2. The van der Waals surface area contributed by atoms with E-state index in [1.54, 1.807) is 18.3 Å². The molecule has 0 saturated carbocycles. The highest BCUT2D eigenvalue weighted by Gasteiger charge is 2.29. The van der Waals surface area contributed by atoms with Crippen LogP contribution in [0.5, 0.6) is 0 Å². The molecule has 1 aromatic heterocycles. The number of hydrogen-bond donors (Lipinski definition) is 10. The number of nitrogens with two attached hydrogens (primary N) is 2. The summed E-state index contributed by atoms with van der Waals surface area (Å²) in [5.74, 6) is -5.48. The van der Waals surface area contributed by atoms with E-state index < -0.39 is 60.8 Å². The van der Waals surface area contributed by atoms with E-state index in [1.165, 1.54) is 0 Å². The largest absolute Gasteiger partial charge is 0.481 e. The summed E-state index contributed by atoms with van der Waals surface area (Å²) in [6, 6.07) is 3.25. The number of guanidine groups is 1. The third-order valence-electron chi connectivity index (χ3n) is 5.51. The Kier molecular flexibility index (Phi) is 11.0. The highest BCUT2D eigenvalue weighted by Crippen LogP contribution is 2.19. The van der Waals surface area contributed by atoms with Gasteiger partial charge in [0.25, 0.3) is 0 Å². The van der Waals surface area contributed by atoms with Gasteiger partial charge in [0.05, 0.1) is 19.0 Å². The number of nitrogens with one attached hydrogen (secondary N) is 6. The second-order valence-electron chi connectivity index (χ2n) is 8.49. The summed E-state index contributed by atoms with van der Waals surface area (Å²) in [6.07, 6.45) is 1.40. The van der Waals surface area contributed by atoms with E-state index in [0.29, 0.717) is 18.5 Å². The summed E-state index contributed by atoms with van der Waals surface area (Å²) in [7, 11) is 0. The average molecular weight is 533 g/mol. The summed E-state index contributed by atoms with van der Waals surface area (Å²) < 4.78 is 0. The molecule has 12 N–H and O–H groups in total. The van der Waals surface area contributed by atoms with Gasteiger partial charge in [-0.15, -0.1) is 0 Å². The number of carboxylic acid groups (broad SMARTS) is 2. The molecule has 2 aromatic rings. The van der Waals surface area contributed by atoms with Crippen LogP contribution in [0.1, 0.15) is 24.8 Å². The number of carbonyl (C=O) groups excluding carboxylic acids is 3. The van der Waals surface area contributed by atoms with Crippen LogP contribution in [0.3, 0.4) is 0 Å². The quantitative estimate of drug-likeness (QED) is 0.0681. The summed E-state index contributed by atoms with van der Waals surface area (Å²) in [6.45, 7) is -0.250. The molecule has 0 fully saturated rings. The van der Waals surface area contributed by atoms with Crippen LogP contribution in [0, 0.1) is 5.41 Å². The molecule has 0 aliphatic rings. The maximum atomic E-state index is 12.8. The van der Waals surface area contributed by atoms with Gasteiger partial charge in [-0.3, -0.25) is 24.6 Å². The molecule has 0 unspecified atom stereocenters. The number of carbonyl (C=O) groups is 5. The van der Waals surface area contributed by atoms with Crippen molar-refractivity contribution in [1.82, 2.24) is 26.3 Å². The molecule has 38 heavy (non-hydrogen) atoms. The maximum absolute atomic E-state index is 12.8. The number of fused-ring (bicyclic) bond motifs is 1. The van der Waals surface area contributed by atoms with E-state index in [0.717, 1.165) is 10.9 Å². The Hall–Kier alpha value is -4.66. The second-order valence-corrected chi connectivity index (χ2v) is 8.49. The number of benzene rings is 1. The first kappa shape index (κ1) is 29.6. The van der Waals surface area contributed by atoms with Gasteiger partial charge in [-0.25, -0.2) is 4.79 Å². The third kappa shape index (κ3) is 9.42. The Morgan fingerprint density at radius 3 is 2.37 bits per heavy atom. The van der Waals surface area contributed by atoms with Crippen molar-refractivity contribution in [2.45, 2.75) is 43.8 Å². The van der Waals surface area contributed by atoms with Crippen molar-refractivity contribution < 1.29 is 34.2 Å². The number of aromatic amines is 1. The zero-order valence-corrected chi connectivity index (χ0v) is 20.5. The maximum Gasteiger partial charge on any atom is 0.326 e. The lowest BCUT2D eigenvalue weighted by molar-refractivity contribution is -0.143. The monoisotopic (exact) mass is 532 g/mol. The highest BCUT2D eigenvalue weighted by molar-refractivity contribution is 5.94. The van der Waals surface area contributed by atoms with Gasteiger partial charge in [0, 0.05) is 30.1 Å². The Labute approximate surface area is 217 Å². The fraction of sp³-hybridized carbons (Fsp3) is 0.391. The molecule has 0 aliphatic carbocycles. The van der Waals surface area contributed by atoms with Crippen LogP contribution in [-0.4, -0.2) is 82.0 Å². The minimum Gasteiger partial charge on any atom is -0.481 e. The molecule has 1 aromatic carbocycles. The van der Waals surface area contributed by atoms with Crippen molar-refractivity contribution >= 4 is 46.5 Å². The minimum atomic E-state index is -1.59. The third-order valence-corrected chi connectivity index (χ3v) is 5.51. The summed E-state index contributed by atoms with van der Waals surface area (Å²) in [4.78, 5) is 63.3. The first-order valence-electron chi connectivity index (χ1n) is 11.7. The van der Waals surface area contributed by atoms with Gasteiger partial charge in [0.2, 0.25) is 17.7 Å². The summed E-state index contributed by atoms with van der Waals surface area (Å²) >= 11 is 0. The van der Waals surface area contributed by atoms with E-state index in [-0.39, 0.29) is 18.8 Å². The average Bonchev–Trinajstić information content (AvgIpc) is 3.26. The fourth-order valence-corrected chi connectivity index (χ4v) is 3.60. The van der Waals surface area contributed by atoms with Gasteiger partial charge in [-0.1, -0.05) is 18.2 Å². The molecule has 0 saturated heterocycles.